The topological polar surface area (TPSA) is 58.6 Å². The maximum atomic E-state index is 12.3. The van der Waals surface area contributed by atoms with E-state index in [1.807, 2.05) is 24.3 Å². The van der Waals surface area contributed by atoms with Gasteiger partial charge >= 0.3 is 0 Å². The number of carbonyl (C=O) groups excluding carboxylic acids is 1. The van der Waals surface area contributed by atoms with Crippen LogP contribution in [0.5, 0.6) is 5.75 Å². The molecule has 4 nitrogen and oxygen atoms in total. The van der Waals surface area contributed by atoms with Crippen LogP contribution in [0.4, 0.5) is 0 Å². The van der Waals surface area contributed by atoms with Crippen molar-refractivity contribution in [2.45, 2.75) is 37.7 Å². The first-order chi connectivity index (χ1) is 9.74. The van der Waals surface area contributed by atoms with Gasteiger partial charge in [0.25, 0.3) is 0 Å². The molecule has 1 aliphatic carbocycles. The molecule has 0 saturated heterocycles. The van der Waals surface area contributed by atoms with E-state index in [2.05, 4.69) is 5.32 Å². The van der Waals surface area contributed by atoms with E-state index in [0.29, 0.717) is 19.1 Å². The number of carbonyl (C=O) groups is 1. The number of amides is 1. The molecular weight excluding hydrogens is 254 g/mol. The van der Waals surface area contributed by atoms with E-state index < -0.39 is 0 Å². The van der Waals surface area contributed by atoms with Crippen LogP contribution in [0, 0.1) is 5.92 Å². The van der Waals surface area contributed by atoms with Gasteiger partial charge in [0, 0.05) is 12.1 Å². The number of hydrogen-bond acceptors (Lipinski definition) is 3. The Bertz CT molecular complexity index is 488. The average molecular weight is 275 g/mol. The number of ether oxygens (including phenoxy) is 1. The fourth-order valence-electron chi connectivity index (χ4n) is 3.20. The number of aliphatic hydroxyl groups excluding tert-OH is 1. The molecule has 0 bridgehead atoms. The van der Waals surface area contributed by atoms with E-state index in [1.54, 1.807) is 0 Å². The van der Waals surface area contributed by atoms with Crippen LogP contribution >= 0.6 is 0 Å². The molecule has 1 aromatic carbocycles. The summed E-state index contributed by atoms with van der Waals surface area (Å²) in [6.45, 7) is 1.09. The summed E-state index contributed by atoms with van der Waals surface area (Å²) in [4.78, 5) is 12.3. The van der Waals surface area contributed by atoms with E-state index in [9.17, 15) is 9.90 Å². The van der Waals surface area contributed by atoms with E-state index >= 15 is 0 Å². The molecule has 2 aliphatic rings. The summed E-state index contributed by atoms with van der Waals surface area (Å²) >= 11 is 0. The summed E-state index contributed by atoms with van der Waals surface area (Å²) in [7, 11) is 0. The zero-order chi connectivity index (χ0) is 13.9. The summed E-state index contributed by atoms with van der Waals surface area (Å²) in [5.74, 6) is 1.07. The third-order valence-corrected chi connectivity index (χ3v) is 4.34. The van der Waals surface area contributed by atoms with Crippen molar-refractivity contribution < 1.29 is 14.6 Å². The predicted molar refractivity (Wildman–Crippen MR) is 75.7 cm³/mol. The molecule has 1 saturated carbocycles. The van der Waals surface area contributed by atoms with Gasteiger partial charge in [-0.05, 0) is 31.2 Å². The second kappa shape index (κ2) is 5.83. The highest BCUT2D eigenvalue weighted by molar-refractivity contribution is 5.85. The Labute approximate surface area is 119 Å². The van der Waals surface area contributed by atoms with Crippen molar-refractivity contribution in [1.29, 1.82) is 0 Å². The van der Waals surface area contributed by atoms with Crippen molar-refractivity contribution >= 4 is 5.91 Å². The first-order valence-electron chi connectivity index (χ1n) is 7.41. The van der Waals surface area contributed by atoms with Gasteiger partial charge in [-0.1, -0.05) is 24.6 Å². The summed E-state index contributed by atoms with van der Waals surface area (Å²) in [6.07, 6.45) is 3.65. The van der Waals surface area contributed by atoms with Gasteiger partial charge in [-0.2, -0.15) is 0 Å². The minimum atomic E-state index is -0.195. The lowest BCUT2D eigenvalue weighted by Crippen LogP contribution is -2.36. The normalized spacial score (nSPS) is 28.6. The third kappa shape index (κ3) is 2.80. The molecule has 0 spiro atoms. The third-order valence-electron chi connectivity index (χ3n) is 4.34. The van der Waals surface area contributed by atoms with Crippen LogP contribution < -0.4 is 10.1 Å². The van der Waals surface area contributed by atoms with Crippen LogP contribution in [-0.4, -0.2) is 30.3 Å². The lowest BCUT2D eigenvalue weighted by molar-refractivity contribution is -0.123. The smallest absolute Gasteiger partial charge is 0.231 e. The SMILES string of the molecule is O=C(NCC1CCCC(O)C1)C1COc2ccccc21. The monoisotopic (exact) mass is 275 g/mol. The molecule has 1 amide bonds. The van der Waals surface area contributed by atoms with Crippen LogP contribution in [0.2, 0.25) is 0 Å². The van der Waals surface area contributed by atoms with Gasteiger partial charge in [0.2, 0.25) is 5.91 Å². The van der Waals surface area contributed by atoms with Gasteiger partial charge in [-0.3, -0.25) is 4.79 Å². The van der Waals surface area contributed by atoms with Gasteiger partial charge in [0.1, 0.15) is 18.3 Å². The molecule has 3 unspecified atom stereocenters. The van der Waals surface area contributed by atoms with Crippen molar-refractivity contribution in [3.05, 3.63) is 29.8 Å². The Morgan fingerprint density at radius 1 is 1.35 bits per heavy atom. The molecule has 2 N–H and O–H groups in total. The molecule has 3 atom stereocenters. The predicted octanol–water partition coefficient (Wildman–Crippen LogP) is 1.83. The number of nitrogens with one attached hydrogen (secondary N) is 1. The van der Waals surface area contributed by atoms with Crippen molar-refractivity contribution in [3.63, 3.8) is 0 Å². The number of aliphatic hydroxyl groups is 1. The summed E-state index contributed by atoms with van der Waals surface area (Å²) < 4.78 is 5.54. The molecular formula is C16H21NO3. The van der Waals surface area contributed by atoms with Crippen molar-refractivity contribution in [1.82, 2.24) is 5.32 Å². The van der Waals surface area contributed by atoms with Crippen LogP contribution in [0.3, 0.4) is 0 Å². The second-order valence-corrected chi connectivity index (χ2v) is 5.83. The first kappa shape index (κ1) is 13.4. The first-order valence-corrected chi connectivity index (χ1v) is 7.41. The molecule has 1 heterocycles. The zero-order valence-electron chi connectivity index (χ0n) is 11.5. The number of para-hydroxylation sites is 1. The van der Waals surface area contributed by atoms with Crippen molar-refractivity contribution in [3.8, 4) is 5.75 Å². The molecule has 0 aromatic heterocycles. The van der Waals surface area contributed by atoms with Crippen LogP contribution in [0.25, 0.3) is 0 Å². The summed E-state index contributed by atoms with van der Waals surface area (Å²) in [6, 6.07) is 7.71. The van der Waals surface area contributed by atoms with Gasteiger partial charge in [0.05, 0.1) is 6.10 Å². The minimum absolute atomic E-state index is 0.0370. The lowest BCUT2D eigenvalue weighted by Gasteiger charge is -2.26. The second-order valence-electron chi connectivity index (χ2n) is 5.83. The Morgan fingerprint density at radius 2 is 2.20 bits per heavy atom. The van der Waals surface area contributed by atoms with E-state index in [0.717, 1.165) is 37.0 Å². The minimum Gasteiger partial charge on any atom is -0.492 e. The quantitative estimate of drug-likeness (QED) is 0.885. The molecule has 4 heteroatoms. The summed E-state index contributed by atoms with van der Waals surface area (Å²) in [5.41, 5.74) is 0.980. The molecule has 0 radical (unpaired) electrons. The standard InChI is InChI=1S/C16H21NO3/c18-12-5-3-4-11(8-12)9-17-16(19)14-10-20-15-7-2-1-6-13(14)15/h1-2,6-7,11-12,14,18H,3-5,8-10H2,(H,17,19). The number of fused-ring (bicyclic) bond motifs is 1. The van der Waals surface area contributed by atoms with Gasteiger partial charge < -0.3 is 15.2 Å². The molecule has 1 aliphatic heterocycles. The molecule has 1 fully saturated rings. The molecule has 20 heavy (non-hydrogen) atoms. The Balaban J connectivity index is 1.55. The Hall–Kier alpha value is -1.55. The van der Waals surface area contributed by atoms with Crippen molar-refractivity contribution in [2.24, 2.45) is 5.92 Å². The molecule has 1 aromatic rings. The highest BCUT2D eigenvalue weighted by atomic mass is 16.5. The average Bonchev–Trinajstić information content (AvgIpc) is 2.89. The Morgan fingerprint density at radius 3 is 3.05 bits per heavy atom. The van der Waals surface area contributed by atoms with Crippen LogP contribution in [-0.2, 0) is 4.79 Å². The fourth-order valence-corrected chi connectivity index (χ4v) is 3.20. The lowest BCUT2D eigenvalue weighted by atomic mass is 9.87. The van der Waals surface area contributed by atoms with E-state index in [1.165, 1.54) is 0 Å². The maximum absolute atomic E-state index is 12.3. The van der Waals surface area contributed by atoms with Gasteiger partial charge in [-0.15, -0.1) is 0 Å². The van der Waals surface area contributed by atoms with Gasteiger partial charge in [-0.25, -0.2) is 0 Å². The molecule has 3 rings (SSSR count). The molecule has 108 valence electrons. The summed E-state index contributed by atoms with van der Waals surface area (Å²) in [5, 5.41) is 12.7. The number of rotatable bonds is 3. The highest BCUT2D eigenvalue weighted by Gasteiger charge is 2.30. The zero-order valence-corrected chi connectivity index (χ0v) is 11.5. The largest absolute Gasteiger partial charge is 0.492 e. The van der Waals surface area contributed by atoms with E-state index in [-0.39, 0.29) is 17.9 Å². The Kier molecular flexibility index (Phi) is 3.92. The maximum Gasteiger partial charge on any atom is 0.231 e. The van der Waals surface area contributed by atoms with Crippen LogP contribution in [0.1, 0.15) is 37.2 Å². The van der Waals surface area contributed by atoms with Gasteiger partial charge in [0.15, 0.2) is 0 Å². The van der Waals surface area contributed by atoms with E-state index in [4.69, 9.17) is 4.74 Å². The number of hydrogen-bond donors (Lipinski definition) is 2. The fraction of sp³-hybridized carbons (Fsp3) is 0.562. The van der Waals surface area contributed by atoms with Crippen molar-refractivity contribution in [2.75, 3.05) is 13.2 Å². The van der Waals surface area contributed by atoms with Crippen LogP contribution in [0.15, 0.2) is 24.3 Å². The highest BCUT2D eigenvalue weighted by Crippen LogP contribution is 2.33. The number of benzene rings is 1.